The smallest absolute Gasteiger partial charge is 0.382 e. The first-order chi connectivity index (χ1) is 16.6. The van der Waals surface area contributed by atoms with Crippen molar-refractivity contribution in [2.24, 2.45) is 11.8 Å². The van der Waals surface area contributed by atoms with E-state index in [1.54, 1.807) is 29.7 Å². The van der Waals surface area contributed by atoms with Gasteiger partial charge in [-0.2, -0.15) is 0 Å². The number of nitrogens with two attached hydrogens (primary N) is 1. The molecule has 0 aliphatic carbocycles. The lowest BCUT2D eigenvalue weighted by Gasteiger charge is -2.10. The van der Waals surface area contributed by atoms with Crippen LogP contribution in [0.3, 0.4) is 0 Å². The molecule has 0 bridgehead atoms. The van der Waals surface area contributed by atoms with Gasteiger partial charge in [-0.15, -0.1) is 0 Å². The van der Waals surface area contributed by atoms with Gasteiger partial charge in [0.1, 0.15) is 11.3 Å². The largest absolute Gasteiger partial charge is 0.502 e. The molecule has 12 heteroatoms. The van der Waals surface area contributed by atoms with E-state index in [0.717, 1.165) is 12.1 Å². The first-order valence-corrected chi connectivity index (χ1v) is 10.2. The number of nitrogen functional groups attached to an aromatic ring is 1. The highest BCUT2D eigenvalue weighted by molar-refractivity contribution is 6.12. The Balaban J connectivity index is 1.91. The molecule has 35 heavy (non-hydrogen) atoms. The number of hydrogen-bond acceptors (Lipinski definition) is 10. The number of nitrogens with one attached hydrogen (secondary N) is 1. The fraction of sp³-hybridized carbons (Fsp3) is 0.174. The van der Waals surface area contributed by atoms with Crippen LogP contribution in [0.2, 0.25) is 0 Å². The predicted octanol–water partition coefficient (Wildman–Crippen LogP) is 3.20. The summed E-state index contributed by atoms with van der Waals surface area (Å²) in [5.74, 6) is 0.853. The molecule has 0 spiro atoms. The van der Waals surface area contributed by atoms with E-state index in [4.69, 9.17) is 19.7 Å². The van der Waals surface area contributed by atoms with Gasteiger partial charge in [-0.3, -0.25) is 20.3 Å². The van der Waals surface area contributed by atoms with Gasteiger partial charge in [0.15, 0.2) is 5.75 Å². The van der Waals surface area contributed by atoms with Gasteiger partial charge in [-0.25, -0.2) is 15.4 Å². The Labute approximate surface area is 198 Å². The summed E-state index contributed by atoms with van der Waals surface area (Å²) in [5, 5.41) is 21.1. The summed E-state index contributed by atoms with van der Waals surface area (Å²) in [4.78, 5) is 47.8. The van der Waals surface area contributed by atoms with Crippen molar-refractivity contribution >= 4 is 23.5 Å². The Morgan fingerprint density at radius 3 is 2.57 bits per heavy atom. The number of hydrazine groups is 1. The Hall–Kier alpha value is -4.71. The van der Waals surface area contributed by atoms with Crippen LogP contribution in [-0.2, 0) is 4.74 Å². The van der Waals surface area contributed by atoms with Gasteiger partial charge in [0.25, 0.3) is 5.91 Å². The molecule has 0 unspecified atom stereocenters. The minimum Gasteiger partial charge on any atom is -0.502 e. The summed E-state index contributed by atoms with van der Waals surface area (Å²) >= 11 is 0. The Bertz CT molecular complexity index is 1300. The quantitative estimate of drug-likeness (QED) is 0.107. The van der Waals surface area contributed by atoms with Gasteiger partial charge in [0, 0.05) is 5.56 Å². The van der Waals surface area contributed by atoms with E-state index in [2.05, 4.69) is 0 Å². The molecule has 1 amide bonds. The number of hydrogen-bond donors (Lipinski definition) is 3. The van der Waals surface area contributed by atoms with Gasteiger partial charge in [-0.1, -0.05) is 26.0 Å². The van der Waals surface area contributed by atoms with E-state index in [-0.39, 0.29) is 5.76 Å². The van der Waals surface area contributed by atoms with E-state index in [9.17, 15) is 29.6 Å². The van der Waals surface area contributed by atoms with E-state index in [0.29, 0.717) is 29.4 Å². The lowest BCUT2D eigenvalue weighted by atomic mass is 10.0. The normalized spacial score (nSPS) is 10.6. The zero-order valence-corrected chi connectivity index (χ0v) is 18.6. The maximum Gasteiger partial charge on any atom is 0.382 e. The number of carbonyl (C=O) groups excluding carboxylic acids is 3. The van der Waals surface area contributed by atoms with Gasteiger partial charge in [-0.05, 0) is 41.8 Å². The zero-order valence-electron chi connectivity index (χ0n) is 18.6. The van der Waals surface area contributed by atoms with Crippen LogP contribution >= 0.6 is 0 Å². The fourth-order valence-electron chi connectivity index (χ4n) is 3.13. The molecule has 0 saturated heterocycles. The predicted molar refractivity (Wildman–Crippen MR) is 121 cm³/mol. The molecule has 0 radical (unpaired) electrons. The Morgan fingerprint density at radius 2 is 1.91 bits per heavy atom. The second-order valence-corrected chi connectivity index (χ2v) is 7.66. The van der Waals surface area contributed by atoms with Gasteiger partial charge in [0.05, 0.1) is 23.4 Å². The summed E-state index contributed by atoms with van der Waals surface area (Å²) in [5.41, 5.74) is -0.111. The van der Waals surface area contributed by atoms with Crippen LogP contribution in [0.25, 0.3) is 11.1 Å². The summed E-state index contributed by atoms with van der Waals surface area (Å²) < 4.78 is 15.7. The number of rotatable bonds is 8. The van der Waals surface area contributed by atoms with Crippen LogP contribution in [0.4, 0.5) is 5.69 Å². The zero-order chi connectivity index (χ0) is 25.7. The first-order valence-electron chi connectivity index (χ1n) is 10.2. The number of phenolic OH excluding ortho intramolecular Hbond substituents is 1. The van der Waals surface area contributed by atoms with Crippen LogP contribution in [-0.4, -0.2) is 34.5 Å². The standard InChI is InChI=1S/C23H21N3O9/c1-12(2)11-34-14-5-3-4-13(10-14)15-8-9-33-20(15)23(30)35-22(29)16-6-7-17(27)19(26(31)32)18(16)21(28)25-24/h3-10,12,27H,11,24H2,1-2H3,(H,25,28). The number of phenols is 1. The molecule has 12 nitrogen and oxygen atoms in total. The second kappa shape index (κ2) is 10.5. The van der Waals surface area contributed by atoms with Crippen LogP contribution in [0.5, 0.6) is 11.5 Å². The molecule has 4 N–H and O–H groups in total. The van der Waals surface area contributed by atoms with E-state index in [1.165, 1.54) is 12.3 Å². The van der Waals surface area contributed by atoms with Gasteiger partial charge < -0.3 is 19.0 Å². The number of furan rings is 1. The summed E-state index contributed by atoms with van der Waals surface area (Å²) in [6.45, 7) is 4.47. The van der Waals surface area contributed by atoms with E-state index < -0.39 is 45.3 Å². The maximum absolute atomic E-state index is 12.7. The highest BCUT2D eigenvalue weighted by atomic mass is 16.6. The van der Waals surface area contributed by atoms with Crippen molar-refractivity contribution in [3.8, 4) is 22.6 Å². The topological polar surface area (TPSA) is 184 Å². The highest BCUT2D eigenvalue weighted by Crippen LogP contribution is 2.33. The van der Waals surface area contributed by atoms with Crippen LogP contribution in [0.15, 0.2) is 53.1 Å². The van der Waals surface area contributed by atoms with Crippen LogP contribution in [0, 0.1) is 16.0 Å². The fourth-order valence-corrected chi connectivity index (χ4v) is 3.13. The lowest BCUT2D eigenvalue weighted by Crippen LogP contribution is -2.32. The first kappa shape index (κ1) is 24.9. The third kappa shape index (κ3) is 5.45. The number of nitrogens with zero attached hydrogens (tertiary/aromatic N) is 1. The van der Waals surface area contributed by atoms with Crippen molar-refractivity contribution in [2.45, 2.75) is 13.8 Å². The van der Waals surface area contributed by atoms with E-state index in [1.807, 2.05) is 13.8 Å². The molecule has 2 aromatic carbocycles. The van der Waals surface area contributed by atoms with Crippen molar-refractivity contribution in [3.63, 3.8) is 0 Å². The summed E-state index contributed by atoms with van der Waals surface area (Å²) in [7, 11) is 0. The molecule has 0 saturated carbocycles. The Kier molecular flexibility index (Phi) is 7.46. The second-order valence-electron chi connectivity index (χ2n) is 7.66. The molecule has 0 atom stereocenters. The highest BCUT2D eigenvalue weighted by Gasteiger charge is 2.33. The average Bonchev–Trinajstić information content (AvgIpc) is 3.32. The Morgan fingerprint density at radius 1 is 1.17 bits per heavy atom. The molecule has 3 rings (SSSR count). The molecule has 0 aliphatic rings. The number of esters is 2. The minimum absolute atomic E-state index is 0.297. The molecule has 1 heterocycles. The van der Waals surface area contributed by atoms with Crippen LogP contribution < -0.4 is 16.0 Å². The average molecular weight is 483 g/mol. The third-order valence-corrected chi connectivity index (χ3v) is 4.68. The number of amides is 1. The van der Waals surface area contributed by atoms with Gasteiger partial charge >= 0.3 is 17.6 Å². The maximum atomic E-state index is 12.7. The number of nitro groups is 1. The van der Waals surface area contributed by atoms with Crippen molar-refractivity contribution in [1.29, 1.82) is 0 Å². The minimum atomic E-state index is -1.40. The van der Waals surface area contributed by atoms with Crippen LogP contribution in [0.1, 0.15) is 45.1 Å². The number of ether oxygens (including phenoxy) is 2. The van der Waals surface area contributed by atoms with Crippen molar-refractivity contribution < 1.29 is 38.3 Å². The van der Waals surface area contributed by atoms with Gasteiger partial charge in [0.2, 0.25) is 5.76 Å². The number of nitro benzene ring substituents is 1. The van der Waals surface area contributed by atoms with Crippen molar-refractivity contribution in [2.75, 3.05) is 6.61 Å². The number of aromatic hydroxyl groups is 1. The van der Waals surface area contributed by atoms with Crippen molar-refractivity contribution in [3.05, 3.63) is 75.7 Å². The van der Waals surface area contributed by atoms with Crippen molar-refractivity contribution in [1.82, 2.24) is 5.43 Å². The summed E-state index contributed by atoms with van der Waals surface area (Å²) in [6.07, 6.45) is 1.22. The molecular formula is C23H21N3O9. The molecule has 3 aromatic rings. The third-order valence-electron chi connectivity index (χ3n) is 4.68. The lowest BCUT2D eigenvalue weighted by molar-refractivity contribution is -0.386. The molecule has 182 valence electrons. The number of carbonyl (C=O) groups is 3. The molecule has 0 fully saturated rings. The molecule has 1 aromatic heterocycles. The molecule has 0 aliphatic heterocycles. The monoisotopic (exact) mass is 483 g/mol. The number of benzene rings is 2. The SMILES string of the molecule is CC(C)COc1cccc(-c2ccoc2C(=O)OC(=O)c2ccc(O)c([N+](=O)[O-])c2C(=O)NN)c1. The molecular weight excluding hydrogens is 462 g/mol. The summed E-state index contributed by atoms with van der Waals surface area (Å²) in [6, 6.07) is 10.0. The van der Waals surface area contributed by atoms with E-state index >= 15 is 0 Å².